The van der Waals surface area contributed by atoms with Gasteiger partial charge in [0.2, 0.25) is 0 Å². The number of benzene rings is 1. The molecule has 0 atom stereocenters. The Balaban J connectivity index is 3.08. The van der Waals surface area contributed by atoms with Gasteiger partial charge in [0, 0.05) is 11.4 Å². The van der Waals surface area contributed by atoms with Crippen LogP contribution in [0, 0.1) is 6.92 Å². The molecule has 0 aliphatic heterocycles. The molecule has 0 bridgehead atoms. The third kappa shape index (κ3) is 8.28. The van der Waals surface area contributed by atoms with Crippen LogP contribution < -0.4 is 10.2 Å². The molecular formula is C20H30N2O6. The van der Waals surface area contributed by atoms with Crippen molar-refractivity contribution < 1.29 is 28.6 Å². The SMILES string of the molecule is CCOC(=O)CN(CC(=O)OCC)c1cc(NC(=O)OC(C)(C)C)ccc1C. The number of carbonyl (C=O) groups is 3. The van der Waals surface area contributed by atoms with Gasteiger partial charge >= 0.3 is 18.0 Å². The molecule has 0 saturated heterocycles. The Bertz CT molecular complexity index is 676. The second-order valence-corrected chi connectivity index (χ2v) is 7.09. The number of aryl methyl sites for hydroxylation is 1. The van der Waals surface area contributed by atoms with Crippen LogP contribution in [-0.2, 0) is 23.8 Å². The Morgan fingerprint density at radius 3 is 2.00 bits per heavy atom. The van der Waals surface area contributed by atoms with Crippen LogP contribution in [0.15, 0.2) is 18.2 Å². The molecule has 0 spiro atoms. The van der Waals surface area contributed by atoms with Gasteiger partial charge in [0.25, 0.3) is 0 Å². The third-order valence-electron chi connectivity index (χ3n) is 3.45. The van der Waals surface area contributed by atoms with Crippen LogP contribution in [0.2, 0.25) is 0 Å². The summed E-state index contributed by atoms with van der Waals surface area (Å²) in [4.78, 5) is 37.6. The minimum atomic E-state index is -0.628. The van der Waals surface area contributed by atoms with E-state index in [4.69, 9.17) is 14.2 Å². The fourth-order valence-corrected chi connectivity index (χ4v) is 2.40. The van der Waals surface area contributed by atoms with E-state index in [1.165, 1.54) is 0 Å². The zero-order valence-electron chi connectivity index (χ0n) is 17.5. The molecule has 28 heavy (non-hydrogen) atoms. The highest BCUT2D eigenvalue weighted by atomic mass is 16.6. The first-order chi connectivity index (χ1) is 13.1. The largest absolute Gasteiger partial charge is 0.465 e. The van der Waals surface area contributed by atoms with Gasteiger partial charge in [-0.2, -0.15) is 0 Å². The predicted molar refractivity (Wildman–Crippen MR) is 107 cm³/mol. The van der Waals surface area contributed by atoms with E-state index in [0.29, 0.717) is 11.4 Å². The Kier molecular flexibility index (Phi) is 8.76. The van der Waals surface area contributed by atoms with Gasteiger partial charge < -0.3 is 19.1 Å². The summed E-state index contributed by atoms with van der Waals surface area (Å²) in [5, 5.41) is 2.66. The van der Waals surface area contributed by atoms with Crippen LogP contribution in [0.25, 0.3) is 0 Å². The standard InChI is InChI=1S/C20H30N2O6/c1-7-26-17(23)12-22(13-18(24)27-8-2)16-11-15(10-9-14(16)3)21-19(25)28-20(4,5)6/h9-11H,7-8,12-13H2,1-6H3,(H,21,25). The Morgan fingerprint density at radius 2 is 1.54 bits per heavy atom. The number of carbonyl (C=O) groups excluding carboxylic acids is 3. The smallest absolute Gasteiger partial charge is 0.412 e. The van der Waals surface area contributed by atoms with Crippen LogP contribution >= 0.6 is 0 Å². The zero-order valence-corrected chi connectivity index (χ0v) is 17.5. The van der Waals surface area contributed by atoms with Crippen molar-refractivity contribution in [3.8, 4) is 0 Å². The van der Waals surface area contributed by atoms with Crippen molar-refractivity contribution >= 4 is 29.4 Å². The first-order valence-electron chi connectivity index (χ1n) is 9.22. The van der Waals surface area contributed by atoms with Crippen molar-refractivity contribution in [1.29, 1.82) is 0 Å². The molecule has 8 nitrogen and oxygen atoms in total. The summed E-state index contributed by atoms with van der Waals surface area (Å²) in [6.07, 6.45) is -0.593. The number of ether oxygens (including phenoxy) is 3. The Labute approximate surface area is 166 Å². The summed E-state index contributed by atoms with van der Waals surface area (Å²) in [5.74, 6) is -0.923. The van der Waals surface area contributed by atoms with Gasteiger partial charge in [-0.25, -0.2) is 4.79 Å². The molecule has 0 heterocycles. The van der Waals surface area contributed by atoms with Gasteiger partial charge in [-0.05, 0) is 59.2 Å². The number of anilines is 2. The molecule has 0 fully saturated rings. The maximum atomic E-state index is 12.0. The number of hydrogen-bond donors (Lipinski definition) is 1. The van der Waals surface area contributed by atoms with Gasteiger partial charge in [0.1, 0.15) is 18.7 Å². The molecule has 1 aromatic rings. The molecule has 0 unspecified atom stereocenters. The summed E-state index contributed by atoms with van der Waals surface area (Å²) in [6.45, 7) is 10.8. The maximum absolute atomic E-state index is 12.0. The lowest BCUT2D eigenvalue weighted by Gasteiger charge is -2.25. The quantitative estimate of drug-likeness (QED) is 0.534. The fourth-order valence-electron chi connectivity index (χ4n) is 2.40. The van der Waals surface area contributed by atoms with Crippen LogP contribution in [0.3, 0.4) is 0 Å². The Morgan fingerprint density at radius 1 is 1.00 bits per heavy atom. The van der Waals surface area contributed by atoms with Crippen LogP contribution in [-0.4, -0.2) is 49.9 Å². The molecular weight excluding hydrogens is 364 g/mol. The van der Waals surface area contributed by atoms with Gasteiger partial charge in [-0.3, -0.25) is 14.9 Å². The van der Waals surface area contributed by atoms with Crippen molar-refractivity contribution in [3.05, 3.63) is 23.8 Å². The summed E-state index contributed by atoms with van der Waals surface area (Å²) >= 11 is 0. The van der Waals surface area contributed by atoms with Gasteiger partial charge in [0.15, 0.2) is 0 Å². The normalized spacial score (nSPS) is 10.8. The first kappa shape index (κ1) is 23.3. The molecule has 1 N–H and O–H groups in total. The highest BCUT2D eigenvalue weighted by Crippen LogP contribution is 2.25. The molecule has 1 aromatic carbocycles. The molecule has 0 saturated carbocycles. The topological polar surface area (TPSA) is 94.2 Å². The second kappa shape index (κ2) is 10.5. The minimum absolute atomic E-state index is 0.122. The molecule has 1 amide bonds. The van der Waals surface area contributed by atoms with Crippen LogP contribution in [0.4, 0.5) is 16.2 Å². The van der Waals surface area contributed by atoms with Crippen molar-refractivity contribution in [2.24, 2.45) is 0 Å². The molecule has 8 heteroatoms. The zero-order chi connectivity index (χ0) is 21.3. The van der Waals surface area contributed by atoms with E-state index in [1.54, 1.807) is 57.7 Å². The number of nitrogens with one attached hydrogen (secondary N) is 1. The lowest BCUT2D eigenvalue weighted by atomic mass is 10.1. The molecule has 0 radical (unpaired) electrons. The second-order valence-electron chi connectivity index (χ2n) is 7.09. The van der Waals surface area contributed by atoms with Gasteiger partial charge in [-0.15, -0.1) is 0 Å². The average Bonchev–Trinajstić information content (AvgIpc) is 2.54. The lowest BCUT2D eigenvalue weighted by Crippen LogP contribution is -2.36. The van der Waals surface area contributed by atoms with E-state index in [1.807, 2.05) is 6.92 Å². The molecule has 1 rings (SSSR count). The van der Waals surface area contributed by atoms with E-state index in [-0.39, 0.29) is 26.3 Å². The highest BCUT2D eigenvalue weighted by Gasteiger charge is 2.20. The first-order valence-corrected chi connectivity index (χ1v) is 9.22. The van der Waals surface area contributed by atoms with E-state index < -0.39 is 23.6 Å². The molecule has 0 aliphatic rings. The highest BCUT2D eigenvalue weighted by molar-refractivity contribution is 5.87. The fraction of sp³-hybridized carbons (Fsp3) is 0.550. The summed E-state index contributed by atoms with van der Waals surface area (Å²) in [7, 11) is 0. The molecule has 156 valence electrons. The number of nitrogens with zero attached hydrogens (tertiary/aromatic N) is 1. The van der Waals surface area contributed by atoms with E-state index in [2.05, 4.69) is 5.32 Å². The maximum Gasteiger partial charge on any atom is 0.412 e. The summed E-state index contributed by atoms with van der Waals surface area (Å²) in [6, 6.07) is 5.18. The van der Waals surface area contributed by atoms with Crippen molar-refractivity contribution in [2.45, 2.75) is 47.1 Å². The van der Waals surface area contributed by atoms with E-state index in [0.717, 1.165) is 5.56 Å². The van der Waals surface area contributed by atoms with Crippen molar-refractivity contribution in [2.75, 3.05) is 36.5 Å². The van der Waals surface area contributed by atoms with Crippen LogP contribution in [0.1, 0.15) is 40.2 Å². The number of esters is 2. The Hall–Kier alpha value is -2.77. The number of amides is 1. The van der Waals surface area contributed by atoms with Crippen molar-refractivity contribution in [3.63, 3.8) is 0 Å². The lowest BCUT2D eigenvalue weighted by molar-refractivity contribution is -0.142. The molecule has 0 aliphatic carbocycles. The van der Waals surface area contributed by atoms with Crippen LogP contribution in [0.5, 0.6) is 0 Å². The summed E-state index contributed by atoms with van der Waals surface area (Å²) < 4.78 is 15.3. The number of rotatable bonds is 8. The third-order valence-corrected chi connectivity index (χ3v) is 3.45. The summed E-state index contributed by atoms with van der Waals surface area (Å²) in [5.41, 5.74) is 1.28. The van der Waals surface area contributed by atoms with Crippen molar-refractivity contribution in [1.82, 2.24) is 0 Å². The minimum Gasteiger partial charge on any atom is -0.465 e. The van der Waals surface area contributed by atoms with Gasteiger partial charge in [-0.1, -0.05) is 6.07 Å². The predicted octanol–water partition coefficient (Wildman–Crippen LogP) is 3.27. The molecule has 0 aromatic heterocycles. The van der Waals surface area contributed by atoms with Gasteiger partial charge in [0.05, 0.1) is 13.2 Å². The average molecular weight is 394 g/mol. The van der Waals surface area contributed by atoms with E-state index >= 15 is 0 Å². The number of hydrogen-bond acceptors (Lipinski definition) is 7. The monoisotopic (exact) mass is 394 g/mol. The van der Waals surface area contributed by atoms with E-state index in [9.17, 15) is 14.4 Å².